The summed E-state index contributed by atoms with van der Waals surface area (Å²) in [6.45, 7) is 2.59. The van der Waals surface area contributed by atoms with Crippen molar-refractivity contribution in [1.82, 2.24) is 14.1 Å². The lowest BCUT2D eigenvalue weighted by atomic mass is 10.1. The number of anilines is 1. The maximum Gasteiger partial charge on any atom is 0.253 e. The number of rotatable bonds is 7. The van der Waals surface area contributed by atoms with Gasteiger partial charge in [0.05, 0.1) is 13.7 Å². The summed E-state index contributed by atoms with van der Waals surface area (Å²) in [5, 5.41) is 2.89. The lowest BCUT2D eigenvalue weighted by molar-refractivity contribution is -0.116. The molecule has 1 N–H and O–H groups in total. The van der Waals surface area contributed by atoms with Crippen molar-refractivity contribution in [3.63, 3.8) is 0 Å². The maximum absolute atomic E-state index is 12.9. The average molecular weight is 495 g/mol. The van der Waals surface area contributed by atoms with E-state index in [1.54, 1.807) is 29.2 Å². The molecule has 2 amide bonds. The fourth-order valence-corrected chi connectivity index (χ4v) is 4.94. The van der Waals surface area contributed by atoms with Crippen LogP contribution in [-0.2, 0) is 14.8 Å². The summed E-state index contributed by atoms with van der Waals surface area (Å²) in [6.07, 6.45) is 0. The molecule has 0 aliphatic carbocycles. The number of piperazine rings is 1. The second-order valence-corrected chi connectivity index (χ2v) is 10.2. The van der Waals surface area contributed by atoms with Gasteiger partial charge >= 0.3 is 0 Å². The highest BCUT2D eigenvalue weighted by Crippen LogP contribution is 2.29. The number of sulfonamides is 1. The van der Waals surface area contributed by atoms with E-state index in [-0.39, 0.29) is 21.6 Å². The molecule has 1 fully saturated rings. The molecule has 1 aliphatic rings. The SMILES string of the molecule is COc1ccc(Cl)cc1S(=O)(=O)N(C)CC(=O)Nc1ccc(C(=O)N2CCN(C)CC2)cc1. The Morgan fingerprint density at radius 1 is 1.09 bits per heavy atom. The molecule has 33 heavy (non-hydrogen) atoms. The molecular formula is C22H27ClN4O5S. The number of halogens is 1. The van der Waals surface area contributed by atoms with Gasteiger partial charge in [-0.15, -0.1) is 0 Å². The molecule has 2 aromatic carbocycles. The van der Waals surface area contributed by atoms with Gasteiger partial charge in [0, 0.05) is 49.5 Å². The zero-order valence-corrected chi connectivity index (χ0v) is 20.3. The van der Waals surface area contributed by atoms with Gasteiger partial charge in [-0.05, 0) is 49.5 Å². The fraction of sp³-hybridized carbons (Fsp3) is 0.364. The molecule has 1 saturated heterocycles. The van der Waals surface area contributed by atoms with Crippen molar-refractivity contribution in [2.75, 3.05) is 59.2 Å². The lowest BCUT2D eigenvalue weighted by Gasteiger charge is -2.32. The number of carbonyl (C=O) groups excluding carboxylic acids is 2. The van der Waals surface area contributed by atoms with Crippen LogP contribution in [0.25, 0.3) is 0 Å². The zero-order valence-electron chi connectivity index (χ0n) is 18.7. The van der Waals surface area contributed by atoms with Gasteiger partial charge < -0.3 is 19.9 Å². The van der Waals surface area contributed by atoms with Gasteiger partial charge in [-0.3, -0.25) is 9.59 Å². The highest BCUT2D eigenvalue weighted by atomic mass is 35.5. The fourth-order valence-electron chi connectivity index (χ4n) is 3.40. The molecule has 0 radical (unpaired) electrons. The zero-order chi connectivity index (χ0) is 24.2. The minimum Gasteiger partial charge on any atom is -0.495 e. The topological polar surface area (TPSA) is 99.3 Å². The highest BCUT2D eigenvalue weighted by Gasteiger charge is 2.27. The van der Waals surface area contributed by atoms with Crippen molar-refractivity contribution >= 4 is 39.1 Å². The largest absolute Gasteiger partial charge is 0.495 e. The first-order valence-corrected chi connectivity index (χ1v) is 12.1. The maximum atomic E-state index is 12.9. The van der Waals surface area contributed by atoms with Crippen LogP contribution in [-0.4, -0.2) is 88.3 Å². The van der Waals surface area contributed by atoms with E-state index in [1.807, 2.05) is 7.05 Å². The van der Waals surface area contributed by atoms with Crippen LogP contribution in [0.2, 0.25) is 5.02 Å². The molecule has 0 saturated carbocycles. The van der Waals surface area contributed by atoms with Crippen molar-refractivity contribution in [2.45, 2.75) is 4.90 Å². The summed E-state index contributed by atoms with van der Waals surface area (Å²) in [6, 6.07) is 10.8. The monoisotopic (exact) mass is 494 g/mol. The third-order valence-corrected chi connectivity index (χ3v) is 7.45. The van der Waals surface area contributed by atoms with Gasteiger partial charge in [-0.25, -0.2) is 8.42 Å². The van der Waals surface area contributed by atoms with E-state index in [2.05, 4.69) is 10.2 Å². The number of likely N-dealkylation sites (N-methyl/N-ethyl adjacent to an activating group) is 2. The van der Waals surface area contributed by atoms with Gasteiger partial charge in [0.2, 0.25) is 15.9 Å². The summed E-state index contributed by atoms with van der Waals surface area (Å²) in [7, 11) is 0.658. The molecule has 0 unspecified atom stereocenters. The van der Waals surface area contributed by atoms with Crippen molar-refractivity contribution in [1.29, 1.82) is 0 Å². The van der Waals surface area contributed by atoms with E-state index < -0.39 is 22.5 Å². The van der Waals surface area contributed by atoms with Crippen LogP contribution in [0.5, 0.6) is 5.75 Å². The van der Waals surface area contributed by atoms with E-state index in [4.69, 9.17) is 16.3 Å². The number of ether oxygens (including phenoxy) is 1. The van der Waals surface area contributed by atoms with Crippen LogP contribution < -0.4 is 10.1 Å². The molecule has 11 heteroatoms. The number of nitrogens with one attached hydrogen (secondary N) is 1. The molecule has 0 bridgehead atoms. The molecule has 1 aliphatic heterocycles. The summed E-state index contributed by atoms with van der Waals surface area (Å²) < 4.78 is 31.8. The Morgan fingerprint density at radius 2 is 1.73 bits per heavy atom. The van der Waals surface area contributed by atoms with Crippen molar-refractivity contribution in [2.24, 2.45) is 0 Å². The van der Waals surface area contributed by atoms with E-state index in [9.17, 15) is 18.0 Å². The summed E-state index contributed by atoms with van der Waals surface area (Å²) in [5.74, 6) is -0.449. The van der Waals surface area contributed by atoms with E-state index >= 15 is 0 Å². The van der Waals surface area contributed by atoms with Gasteiger partial charge in [-0.2, -0.15) is 4.31 Å². The number of nitrogens with zero attached hydrogens (tertiary/aromatic N) is 3. The Bertz CT molecular complexity index is 1120. The van der Waals surface area contributed by atoms with Gasteiger partial charge in [0.1, 0.15) is 10.6 Å². The normalized spacial score (nSPS) is 14.9. The van der Waals surface area contributed by atoms with E-state index in [0.29, 0.717) is 24.3 Å². The molecule has 0 spiro atoms. The molecule has 3 rings (SSSR count). The summed E-state index contributed by atoms with van der Waals surface area (Å²) >= 11 is 5.94. The van der Waals surface area contributed by atoms with Crippen LogP contribution in [0, 0.1) is 0 Å². The minimum atomic E-state index is -4.02. The first kappa shape index (κ1) is 25.0. The van der Waals surface area contributed by atoms with Gasteiger partial charge in [-0.1, -0.05) is 11.6 Å². The Balaban J connectivity index is 1.62. The Hall–Kier alpha value is -2.66. The third-order valence-electron chi connectivity index (χ3n) is 5.39. The summed E-state index contributed by atoms with van der Waals surface area (Å²) in [5.41, 5.74) is 0.992. The smallest absolute Gasteiger partial charge is 0.253 e. The van der Waals surface area contributed by atoms with Crippen molar-refractivity contribution in [3.05, 3.63) is 53.1 Å². The summed E-state index contributed by atoms with van der Waals surface area (Å²) in [4.78, 5) is 28.9. The third kappa shape index (κ3) is 6.02. The van der Waals surface area contributed by atoms with Crippen LogP contribution in [0.1, 0.15) is 10.4 Å². The standard InChI is InChI=1S/C22H27ClN4O5S/c1-25-10-12-27(13-11-25)22(29)16-4-7-18(8-5-16)24-21(28)15-26(2)33(30,31)20-14-17(23)6-9-19(20)32-3/h4-9,14H,10-13,15H2,1-3H3,(H,24,28). The number of hydrogen-bond acceptors (Lipinski definition) is 6. The minimum absolute atomic E-state index is 0.0535. The number of methoxy groups -OCH3 is 1. The molecular weight excluding hydrogens is 468 g/mol. The van der Waals surface area contributed by atoms with Crippen LogP contribution in [0.3, 0.4) is 0 Å². The second kappa shape index (κ2) is 10.5. The first-order chi connectivity index (χ1) is 15.6. The predicted octanol–water partition coefficient (Wildman–Crippen LogP) is 2.00. The highest BCUT2D eigenvalue weighted by molar-refractivity contribution is 7.89. The second-order valence-electron chi connectivity index (χ2n) is 7.78. The molecule has 2 aromatic rings. The lowest BCUT2D eigenvalue weighted by Crippen LogP contribution is -2.47. The van der Waals surface area contributed by atoms with Gasteiger partial charge in [0.25, 0.3) is 5.91 Å². The molecule has 1 heterocycles. The van der Waals surface area contributed by atoms with E-state index in [1.165, 1.54) is 32.4 Å². The van der Waals surface area contributed by atoms with E-state index in [0.717, 1.165) is 17.4 Å². The van der Waals surface area contributed by atoms with Crippen LogP contribution in [0.4, 0.5) is 5.69 Å². The van der Waals surface area contributed by atoms with Gasteiger partial charge in [0.15, 0.2) is 0 Å². The quantitative estimate of drug-likeness (QED) is 0.632. The van der Waals surface area contributed by atoms with Crippen molar-refractivity contribution < 1.29 is 22.7 Å². The Morgan fingerprint density at radius 3 is 2.33 bits per heavy atom. The Labute approximate surface area is 198 Å². The number of benzene rings is 2. The van der Waals surface area contributed by atoms with Crippen LogP contribution >= 0.6 is 11.6 Å². The Kier molecular flexibility index (Phi) is 7.96. The number of carbonyl (C=O) groups is 2. The average Bonchev–Trinajstić information content (AvgIpc) is 2.79. The number of amides is 2. The predicted molar refractivity (Wildman–Crippen MR) is 126 cm³/mol. The van der Waals surface area contributed by atoms with Crippen molar-refractivity contribution in [3.8, 4) is 5.75 Å². The number of hydrogen-bond donors (Lipinski definition) is 1. The first-order valence-electron chi connectivity index (χ1n) is 10.3. The molecule has 0 atom stereocenters. The molecule has 0 aromatic heterocycles. The molecule has 178 valence electrons. The molecule has 9 nitrogen and oxygen atoms in total. The van der Waals surface area contributed by atoms with Crippen LogP contribution in [0.15, 0.2) is 47.4 Å².